The molecule has 0 aromatic rings. The van der Waals surface area contributed by atoms with Crippen LogP contribution in [0.3, 0.4) is 0 Å². The third-order valence-electron chi connectivity index (χ3n) is 5.10. The summed E-state index contributed by atoms with van der Waals surface area (Å²) in [5.74, 6) is -8.24. The van der Waals surface area contributed by atoms with Gasteiger partial charge in [-0.1, -0.05) is 20.3 Å². The van der Waals surface area contributed by atoms with E-state index in [1.165, 1.54) is 0 Å². The fourth-order valence-corrected chi connectivity index (χ4v) is 2.84. The highest BCUT2D eigenvalue weighted by atomic mass is 16.4. The van der Waals surface area contributed by atoms with Crippen molar-refractivity contribution in [1.82, 2.24) is 16.0 Å². The van der Waals surface area contributed by atoms with Gasteiger partial charge in [-0.3, -0.25) is 28.8 Å². The Kier molecular flexibility index (Phi) is 13.6. The minimum atomic E-state index is -1.64. The molecular formula is C20H33N5O10. The largest absolute Gasteiger partial charge is 0.481 e. The van der Waals surface area contributed by atoms with Crippen molar-refractivity contribution in [2.24, 2.45) is 17.4 Å². The summed E-state index contributed by atoms with van der Waals surface area (Å²) >= 11 is 0. The molecule has 15 nitrogen and oxygen atoms in total. The van der Waals surface area contributed by atoms with Crippen molar-refractivity contribution < 1.29 is 48.9 Å². The first-order valence-electron chi connectivity index (χ1n) is 10.8. The molecule has 0 rings (SSSR count). The SMILES string of the molecule is CCC(C)C(NC(=O)C(CCC(=O)O)NC(=O)C(N)CCC(=O)O)C(=O)NC(CC(N)=O)C(=O)O. The zero-order valence-electron chi connectivity index (χ0n) is 19.5. The maximum atomic E-state index is 12.9. The molecule has 15 heteroatoms. The maximum Gasteiger partial charge on any atom is 0.326 e. The molecule has 0 radical (unpaired) electrons. The first kappa shape index (κ1) is 31.2. The second kappa shape index (κ2) is 15.2. The van der Waals surface area contributed by atoms with E-state index in [1.54, 1.807) is 13.8 Å². The minimum Gasteiger partial charge on any atom is -0.481 e. The predicted molar refractivity (Wildman–Crippen MR) is 118 cm³/mol. The van der Waals surface area contributed by atoms with Crippen LogP contribution >= 0.6 is 0 Å². The van der Waals surface area contributed by atoms with Gasteiger partial charge in [0.1, 0.15) is 18.1 Å². The molecule has 0 aromatic carbocycles. The predicted octanol–water partition coefficient (Wildman–Crippen LogP) is -2.50. The van der Waals surface area contributed by atoms with E-state index >= 15 is 0 Å². The van der Waals surface area contributed by atoms with Gasteiger partial charge in [-0.2, -0.15) is 0 Å². The zero-order valence-corrected chi connectivity index (χ0v) is 19.5. The van der Waals surface area contributed by atoms with Crippen LogP contribution in [-0.2, 0) is 33.6 Å². The molecule has 5 unspecified atom stereocenters. The van der Waals surface area contributed by atoms with E-state index in [2.05, 4.69) is 16.0 Å². The Morgan fingerprint density at radius 3 is 1.74 bits per heavy atom. The summed E-state index contributed by atoms with van der Waals surface area (Å²) in [6, 6.07) is -5.66. The van der Waals surface area contributed by atoms with Gasteiger partial charge in [0.2, 0.25) is 23.6 Å². The monoisotopic (exact) mass is 503 g/mol. The van der Waals surface area contributed by atoms with Crippen molar-refractivity contribution in [2.45, 2.75) is 76.5 Å². The second-order valence-corrected chi connectivity index (χ2v) is 7.97. The molecule has 35 heavy (non-hydrogen) atoms. The summed E-state index contributed by atoms with van der Waals surface area (Å²) in [5.41, 5.74) is 10.6. The number of primary amides is 1. The van der Waals surface area contributed by atoms with Crippen LogP contribution in [0.2, 0.25) is 0 Å². The Hall–Kier alpha value is -3.75. The molecule has 0 heterocycles. The lowest BCUT2D eigenvalue weighted by Crippen LogP contribution is -2.59. The molecule has 0 aliphatic heterocycles. The van der Waals surface area contributed by atoms with Crippen LogP contribution in [0.4, 0.5) is 0 Å². The number of amides is 4. The molecule has 5 atom stereocenters. The third-order valence-corrected chi connectivity index (χ3v) is 5.10. The van der Waals surface area contributed by atoms with Crippen molar-refractivity contribution in [2.75, 3.05) is 0 Å². The summed E-state index contributed by atoms with van der Waals surface area (Å²) in [5, 5.41) is 33.7. The molecule has 0 saturated heterocycles. The Morgan fingerprint density at radius 1 is 0.771 bits per heavy atom. The normalized spacial score (nSPS) is 14.9. The van der Waals surface area contributed by atoms with Crippen LogP contribution in [0.25, 0.3) is 0 Å². The average Bonchev–Trinajstić information content (AvgIpc) is 2.76. The van der Waals surface area contributed by atoms with Crippen molar-refractivity contribution in [1.29, 1.82) is 0 Å². The molecule has 0 saturated carbocycles. The van der Waals surface area contributed by atoms with Gasteiger partial charge in [0, 0.05) is 12.8 Å². The second-order valence-electron chi connectivity index (χ2n) is 7.97. The molecule has 0 bridgehead atoms. The Balaban J connectivity index is 5.62. The van der Waals surface area contributed by atoms with E-state index in [1.807, 2.05) is 0 Å². The first-order valence-corrected chi connectivity index (χ1v) is 10.8. The number of rotatable bonds is 17. The number of hydrogen-bond donors (Lipinski definition) is 8. The summed E-state index contributed by atoms with van der Waals surface area (Å²) in [7, 11) is 0. The minimum absolute atomic E-state index is 0.233. The van der Waals surface area contributed by atoms with Crippen LogP contribution in [0.5, 0.6) is 0 Å². The van der Waals surface area contributed by atoms with Gasteiger partial charge in [-0.25, -0.2) is 4.79 Å². The molecule has 0 aliphatic carbocycles. The fourth-order valence-electron chi connectivity index (χ4n) is 2.84. The molecule has 0 aromatic heterocycles. The Morgan fingerprint density at radius 2 is 1.29 bits per heavy atom. The fraction of sp³-hybridized carbons (Fsp3) is 0.650. The first-order chi connectivity index (χ1) is 16.2. The average molecular weight is 504 g/mol. The molecule has 0 spiro atoms. The highest BCUT2D eigenvalue weighted by Crippen LogP contribution is 2.11. The Labute approximate surface area is 201 Å². The van der Waals surface area contributed by atoms with Gasteiger partial charge in [0.05, 0.1) is 12.5 Å². The highest BCUT2D eigenvalue weighted by molar-refractivity contribution is 5.95. The summed E-state index contributed by atoms with van der Waals surface area (Å²) < 4.78 is 0. The quantitative estimate of drug-likeness (QED) is 0.103. The lowest BCUT2D eigenvalue weighted by molar-refractivity contribution is -0.144. The van der Waals surface area contributed by atoms with Crippen LogP contribution in [0.1, 0.15) is 52.4 Å². The van der Waals surface area contributed by atoms with E-state index in [-0.39, 0.29) is 12.8 Å². The van der Waals surface area contributed by atoms with Crippen molar-refractivity contribution in [3.63, 3.8) is 0 Å². The van der Waals surface area contributed by atoms with E-state index in [9.17, 15) is 38.7 Å². The lowest BCUT2D eigenvalue weighted by atomic mass is 9.97. The standard InChI is InChI=1S/C20H33N5O10/c1-3-9(2)16(19(33)24-12(20(34)35)8-13(22)26)25-18(32)11(5-7-15(29)30)23-17(31)10(21)4-6-14(27)28/h9-12,16H,3-8,21H2,1-2H3,(H2,22,26)(H,23,31)(H,24,33)(H,25,32)(H,27,28)(H,29,30)(H,34,35). The van der Waals surface area contributed by atoms with Crippen LogP contribution in [-0.4, -0.2) is 81.0 Å². The van der Waals surface area contributed by atoms with Gasteiger partial charge >= 0.3 is 17.9 Å². The van der Waals surface area contributed by atoms with E-state index in [0.717, 1.165) is 0 Å². The zero-order chi connectivity index (χ0) is 27.3. The van der Waals surface area contributed by atoms with Crippen molar-refractivity contribution in [3.8, 4) is 0 Å². The topological polar surface area (TPSA) is 268 Å². The third kappa shape index (κ3) is 12.3. The summed E-state index contributed by atoms with van der Waals surface area (Å²) in [6.45, 7) is 3.28. The summed E-state index contributed by atoms with van der Waals surface area (Å²) in [6.07, 6.45) is -1.86. The number of carboxylic acid groups (broad SMARTS) is 3. The number of hydrogen-bond acceptors (Lipinski definition) is 8. The lowest BCUT2D eigenvalue weighted by Gasteiger charge is -2.28. The molecule has 4 amide bonds. The smallest absolute Gasteiger partial charge is 0.326 e. The molecule has 0 aliphatic rings. The van der Waals surface area contributed by atoms with Crippen LogP contribution in [0, 0.1) is 5.92 Å². The number of aliphatic carboxylic acids is 3. The number of nitrogens with one attached hydrogen (secondary N) is 3. The van der Waals surface area contributed by atoms with Gasteiger partial charge in [-0.05, 0) is 18.8 Å². The van der Waals surface area contributed by atoms with E-state index < -0.39 is 90.9 Å². The van der Waals surface area contributed by atoms with E-state index in [0.29, 0.717) is 6.42 Å². The molecule has 10 N–H and O–H groups in total. The van der Waals surface area contributed by atoms with Gasteiger partial charge < -0.3 is 42.7 Å². The molecular weight excluding hydrogens is 470 g/mol. The van der Waals surface area contributed by atoms with Gasteiger partial charge in [-0.15, -0.1) is 0 Å². The van der Waals surface area contributed by atoms with Crippen LogP contribution in [0.15, 0.2) is 0 Å². The number of carboxylic acids is 3. The van der Waals surface area contributed by atoms with Crippen LogP contribution < -0.4 is 27.4 Å². The van der Waals surface area contributed by atoms with Crippen molar-refractivity contribution >= 4 is 41.5 Å². The van der Waals surface area contributed by atoms with Gasteiger partial charge in [0.15, 0.2) is 0 Å². The van der Waals surface area contributed by atoms with Crippen molar-refractivity contribution in [3.05, 3.63) is 0 Å². The summed E-state index contributed by atoms with van der Waals surface area (Å²) in [4.78, 5) is 82.0. The Bertz CT molecular complexity index is 818. The number of nitrogens with two attached hydrogens (primary N) is 2. The van der Waals surface area contributed by atoms with Gasteiger partial charge in [0.25, 0.3) is 0 Å². The molecule has 198 valence electrons. The van der Waals surface area contributed by atoms with E-state index in [4.69, 9.17) is 21.7 Å². The maximum absolute atomic E-state index is 12.9. The number of carbonyl (C=O) groups is 7. The number of carbonyl (C=O) groups excluding carboxylic acids is 4. The highest BCUT2D eigenvalue weighted by Gasteiger charge is 2.33. The molecule has 0 fully saturated rings.